The van der Waals surface area contributed by atoms with E-state index >= 15 is 0 Å². The molecule has 238 valence electrons. The van der Waals surface area contributed by atoms with Crippen molar-refractivity contribution in [2.75, 3.05) is 13.7 Å². The van der Waals surface area contributed by atoms with Gasteiger partial charge in [-0.1, -0.05) is 36.4 Å². The van der Waals surface area contributed by atoms with Crippen LogP contribution in [0.25, 0.3) is 21.9 Å². The second-order valence-corrected chi connectivity index (χ2v) is 13.3. The third kappa shape index (κ3) is 5.14. The summed E-state index contributed by atoms with van der Waals surface area (Å²) < 4.78 is 25.3. The Labute approximate surface area is 274 Å². The molecule has 1 fully saturated rings. The number of pyridine rings is 1. The summed E-state index contributed by atoms with van der Waals surface area (Å²) in [6, 6.07) is 17.9. The fourth-order valence-electron chi connectivity index (χ4n) is 7.29. The molecule has 5 aromatic rings. The first-order valence-electron chi connectivity index (χ1n) is 15.8. The highest BCUT2D eigenvalue weighted by Crippen LogP contribution is 2.49. The van der Waals surface area contributed by atoms with Gasteiger partial charge in [-0.15, -0.1) is 21.5 Å². The third-order valence-corrected chi connectivity index (χ3v) is 10.6. The first-order chi connectivity index (χ1) is 22.9. The molecule has 0 spiro atoms. The minimum absolute atomic E-state index is 0.0693. The van der Waals surface area contributed by atoms with Crippen LogP contribution in [0.15, 0.2) is 65.1 Å². The quantitative estimate of drug-likeness (QED) is 0.194. The summed E-state index contributed by atoms with van der Waals surface area (Å²) in [5.74, 6) is 0.110. The predicted octanol–water partition coefficient (Wildman–Crippen LogP) is 6.95. The van der Waals surface area contributed by atoms with Crippen LogP contribution in [0.4, 0.5) is 4.39 Å². The number of methoxy groups -OCH3 is 1. The summed E-state index contributed by atoms with van der Waals surface area (Å²) >= 11 is 1.33. The third-order valence-electron chi connectivity index (χ3n) is 9.48. The van der Waals surface area contributed by atoms with E-state index in [-0.39, 0.29) is 41.7 Å². The lowest BCUT2D eigenvalue weighted by Crippen LogP contribution is -2.26. The molecule has 0 unspecified atom stereocenters. The van der Waals surface area contributed by atoms with Gasteiger partial charge < -0.3 is 19.4 Å². The molecule has 0 saturated carbocycles. The molecule has 2 aromatic carbocycles. The molecule has 2 aliphatic heterocycles. The summed E-state index contributed by atoms with van der Waals surface area (Å²) in [4.78, 5) is 36.1. The van der Waals surface area contributed by atoms with E-state index in [1.807, 2.05) is 35.2 Å². The number of nitrogens with zero attached hydrogens (tertiary/aromatic N) is 4. The van der Waals surface area contributed by atoms with Gasteiger partial charge in [-0.2, -0.15) is 0 Å². The van der Waals surface area contributed by atoms with Crippen molar-refractivity contribution in [2.24, 2.45) is 0 Å². The number of ether oxygens (including phenoxy) is 1. The number of nitrogens with one attached hydrogen (secondary N) is 1. The molecule has 0 bridgehead atoms. The van der Waals surface area contributed by atoms with Gasteiger partial charge in [0.1, 0.15) is 5.82 Å². The molecule has 3 aromatic heterocycles. The Bertz CT molecular complexity index is 2020. The Kier molecular flexibility index (Phi) is 7.45. The predicted molar refractivity (Wildman–Crippen MR) is 173 cm³/mol. The topological polar surface area (TPSA) is 110 Å². The molecular formula is C36H32FN5O4S. The number of carbonyl (C=O) groups excluding carboxylic acids is 2. The van der Waals surface area contributed by atoms with Gasteiger partial charge in [-0.3, -0.25) is 14.6 Å². The Morgan fingerprint density at radius 1 is 1.04 bits per heavy atom. The minimum Gasteiger partial charge on any atom is -0.421 e. The van der Waals surface area contributed by atoms with Crippen molar-refractivity contribution in [3.8, 4) is 21.9 Å². The van der Waals surface area contributed by atoms with Crippen LogP contribution in [0.3, 0.4) is 0 Å². The van der Waals surface area contributed by atoms with Crippen LogP contribution in [0.1, 0.15) is 91.4 Å². The fraction of sp³-hybridized carbons (Fsp3) is 0.306. The zero-order valence-corrected chi connectivity index (χ0v) is 26.8. The smallest absolute Gasteiger partial charge is 0.261 e. The Morgan fingerprint density at radius 2 is 1.85 bits per heavy atom. The highest BCUT2D eigenvalue weighted by atomic mass is 32.1. The van der Waals surface area contributed by atoms with Crippen molar-refractivity contribution in [3.05, 3.63) is 111 Å². The first kappa shape index (κ1) is 29.6. The van der Waals surface area contributed by atoms with E-state index in [4.69, 9.17) is 14.1 Å². The molecular weight excluding hydrogens is 617 g/mol. The average Bonchev–Trinajstić information content (AvgIpc) is 3.92. The summed E-state index contributed by atoms with van der Waals surface area (Å²) in [7, 11) is 1.69. The van der Waals surface area contributed by atoms with E-state index in [1.165, 1.54) is 23.5 Å². The molecule has 3 aliphatic rings. The SMILES string of the molecule is CO[C@H]1C[C@H](NC(=O)c2ccc(-c3c4c(nc(CCc5ccc(F)cc5)c3-c3nnc(C)o3)[C@@H]3CCCN3C4=O)s2)c2ccccc21. The Balaban J connectivity index is 1.21. The molecule has 1 saturated heterocycles. The lowest BCUT2D eigenvalue weighted by molar-refractivity contribution is 0.0775. The number of halogens is 1. The summed E-state index contributed by atoms with van der Waals surface area (Å²) in [6.07, 6.45) is 3.43. The Morgan fingerprint density at radius 3 is 2.62 bits per heavy atom. The maximum atomic E-state index is 14.0. The van der Waals surface area contributed by atoms with Gasteiger partial charge in [-0.25, -0.2) is 4.39 Å². The molecule has 8 rings (SSSR count). The molecule has 5 heterocycles. The normalized spacial score (nSPS) is 19.6. The van der Waals surface area contributed by atoms with Crippen LogP contribution < -0.4 is 5.32 Å². The van der Waals surface area contributed by atoms with Crippen molar-refractivity contribution < 1.29 is 23.1 Å². The summed E-state index contributed by atoms with van der Waals surface area (Å²) in [5.41, 5.74) is 6.39. The molecule has 47 heavy (non-hydrogen) atoms. The summed E-state index contributed by atoms with van der Waals surface area (Å²) in [6.45, 7) is 2.39. The number of carbonyl (C=O) groups is 2. The number of amides is 2. The standard InChI is InChI=1S/C36H32FN5O4S/c1-19-40-41-35(46-19)30-24(14-11-20-9-12-21(37)13-10-20)38-33-26-8-5-17-42(26)36(44)32(33)31(30)28-15-16-29(47-28)34(43)39-25-18-27(45-2)23-7-4-3-6-22(23)25/h3-4,6-7,9-10,12-13,15-16,25-27H,5,8,11,14,17-18H2,1-2H3,(H,39,43)/t25-,26-,27-/m0/s1. The number of hydrogen-bond acceptors (Lipinski definition) is 8. The second kappa shape index (κ2) is 11.8. The summed E-state index contributed by atoms with van der Waals surface area (Å²) in [5, 5.41) is 11.7. The van der Waals surface area contributed by atoms with Crippen LogP contribution in [-0.2, 0) is 17.6 Å². The molecule has 1 aliphatic carbocycles. The van der Waals surface area contributed by atoms with Gasteiger partial charge in [0.25, 0.3) is 11.8 Å². The van der Waals surface area contributed by atoms with Crippen molar-refractivity contribution in [2.45, 2.75) is 57.2 Å². The number of aromatic nitrogens is 3. The molecule has 11 heteroatoms. The van der Waals surface area contributed by atoms with E-state index in [9.17, 15) is 14.0 Å². The molecule has 2 amide bonds. The Hall–Kier alpha value is -4.74. The maximum absolute atomic E-state index is 14.0. The van der Waals surface area contributed by atoms with Crippen LogP contribution in [0.5, 0.6) is 0 Å². The van der Waals surface area contributed by atoms with Gasteiger partial charge in [0.2, 0.25) is 11.8 Å². The van der Waals surface area contributed by atoms with Gasteiger partial charge in [-0.05, 0) is 66.6 Å². The van der Waals surface area contributed by atoms with Crippen LogP contribution >= 0.6 is 11.3 Å². The zero-order chi connectivity index (χ0) is 32.2. The minimum atomic E-state index is -0.290. The largest absolute Gasteiger partial charge is 0.421 e. The van der Waals surface area contributed by atoms with Crippen molar-refractivity contribution in [1.29, 1.82) is 0 Å². The number of fused-ring (bicyclic) bond motifs is 4. The van der Waals surface area contributed by atoms with E-state index in [2.05, 4.69) is 15.5 Å². The van der Waals surface area contributed by atoms with Gasteiger partial charge in [0, 0.05) is 37.4 Å². The van der Waals surface area contributed by atoms with Gasteiger partial charge >= 0.3 is 0 Å². The number of thiophene rings is 1. The monoisotopic (exact) mass is 649 g/mol. The number of hydrogen-bond donors (Lipinski definition) is 1. The molecule has 9 nitrogen and oxygen atoms in total. The van der Waals surface area contributed by atoms with Crippen LogP contribution in [0, 0.1) is 12.7 Å². The highest BCUT2D eigenvalue weighted by Gasteiger charge is 2.45. The van der Waals surface area contributed by atoms with E-state index in [0.717, 1.165) is 45.8 Å². The number of rotatable bonds is 8. The second-order valence-electron chi connectivity index (χ2n) is 12.3. The molecule has 1 N–H and O–H groups in total. The fourth-order valence-corrected chi connectivity index (χ4v) is 8.26. The van der Waals surface area contributed by atoms with Gasteiger partial charge in [0.05, 0.1) is 45.6 Å². The van der Waals surface area contributed by atoms with Gasteiger partial charge in [0.15, 0.2) is 0 Å². The molecule has 0 radical (unpaired) electrons. The van der Waals surface area contributed by atoms with E-state index in [1.54, 1.807) is 32.2 Å². The lowest BCUT2D eigenvalue weighted by atomic mass is 9.93. The molecule has 3 atom stereocenters. The van der Waals surface area contributed by atoms with Crippen LogP contribution in [0.2, 0.25) is 0 Å². The first-order valence-corrected chi connectivity index (χ1v) is 16.7. The van der Waals surface area contributed by atoms with Crippen molar-refractivity contribution in [3.63, 3.8) is 0 Å². The van der Waals surface area contributed by atoms with Crippen molar-refractivity contribution >= 4 is 23.2 Å². The highest BCUT2D eigenvalue weighted by molar-refractivity contribution is 7.17. The average molecular weight is 650 g/mol. The number of benzene rings is 2. The zero-order valence-electron chi connectivity index (χ0n) is 26.0. The van der Waals surface area contributed by atoms with E-state index < -0.39 is 0 Å². The van der Waals surface area contributed by atoms with Crippen LogP contribution in [-0.4, -0.2) is 45.6 Å². The number of aryl methyl sites for hydroxylation is 3. The maximum Gasteiger partial charge on any atom is 0.261 e. The van der Waals surface area contributed by atoms with Crippen molar-refractivity contribution in [1.82, 2.24) is 25.4 Å². The lowest BCUT2D eigenvalue weighted by Gasteiger charge is -2.16. The van der Waals surface area contributed by atoms with E-state index in [0.29, 0.717) is 53.3 Å².